The summed E-state index contributed by atoms with van der Waals surface area (Å²) >= 11 is 1.43. The van der Waals surface area contributed by atoms with Gasteiger partial charge in [-0.05, 0) is 19.1 Å². The van der Waals surface area contributed by atoms with Crippen LogP contribution in [0.15, 0.2) is 34.3 Å². The van der Waals surface area contributed by atoms with Gasteiger partial charge < -0.3 is 9.73 Å². The van der Waals surface area contributed by atoms with E-state index < -0.39 is 0 Å². The van der Waals surface area contributed by atoms with Crippen molar-refractivity contribution < 1.29 is 9.21 Å². The summed E-state index contributed by atoms with van der Waals surface area (Å²) in [5, 5.41) is 9.66. The van der Waals surface area contributed by atoms with Crippen LogP contribution in [0.3, 0.4) is 0 Å². The van der Waals surface area contributed by atoms with Crippen molar-refractivity contribution in [2.75, 3.05) is 5.32 Å². The molecule has 1 amide bonds. The lowest BCUT2D eigenvalue weighted by atomic mass is 10.4. The maximum Gasteiger partial charge on any atom is 0.222 e. The van der Waals surface area contributed by atoms with E-state index in [1.54, 1.807) is 17.0 Å². The summed E-state index contributed by atoms with van der Waals surface area (Å²) in [6.07, 6.45) is 1.61. The molecule has 0 aliphatic rings. The topological polar surface area (TPSA) is 73.0 Å². The standard InChI is InChI=1S/C13H12N4O2S/c1-8-6-12(14-9(2)18)17(16-8)13-15-10(7-20-13)11-4-3-5-19-11/h3-7H,1-2H3,(H,14,18). The van der Waals surface area contributed by atoms with Crippen molar-refractivity contribution in [3.05, 3.63) is 35.5 Å². The lowest BCUT2D eigenvalue weighted by Gasteiger charge is -2.03. The highest BCUT2D eigenvalue weighted by Crippen LogP contribution is 2.26. The largest absolute Gasteiger partial charge is 0.463 e. The maximum atomic E-state index is 11.2. The molecule has 0 radical (unpaired) electrons. The molecular weight excluding hydrogens is 276 g/mol. The average Bonchev–Trinajstić information content (AvgIpc) is 3.07. The molecular formula is C13H12N4O2S. The first-order valence-electron chi connectivity index (χ1n) is 5.97. The molecule has 3 aromatic heterocycles. The zero-order valence-corrected chi connectivity index (χ0v) is 11.8. The third-order valence-electron chi connectivity index (χ3n) is 2.58. The highest BCUT2D eigenvalue weighted by atomic mass is 32.1. The number of thiazole rings is 1. The Morgan fingerprint density at radius 2 is 2.35 bits per heavy atom. The summed E-state index contributed by atoms with van der Waals surface area (Å²) in [6.45, 7) is 3.33. The van der Waals surface area contributed by atoms with Crippen molar-refractivity contribution in [1.82, 2.24) is 14.8 Å². The monoisotopic (exact) mass is 288 g/mol. The molecule has 0 atom stereocenters. The normalized spacial score (nSPS) is 10.7. The molecule has 3 aromatic rings. The van der Waals surface area contributed by atoms with Gasteiger partial charge in [0.25, 0.3) is 0 Å². The molecule has 0 unspecified atom stereocenters. The van der Waals surface area contributed by atoms with Crippen LogP contribution in [0.2, 0.25) is 0 Å². The number of furan rings is 1. The smallest absolute Gasteiger partial charge is 0.222 e. The quantitative estimate of drug-likeness (QED) is 0.804. The van der Waals surface area contributed by atoms with Gasteiger partial charge in [0.2, 0.25) is 11.0 Å². The van der Waals surface area contributed by atoms with Crippen LogP contribution in [0, 0.1) is 6.92 Å². The van der Waals surface area contributed by atoms with Crippen LogP contribution < -0.4 is 5.32 Å². The molecule has 1 N–H and O–H groups in total. The molecule has 0 aliphatic carbocycles. The fraction of sp³-hybridized carbons (Fsp3) is 0.154. The predicted octanol–water partition coefficient (Wildman–Crippen LogP) is 2.86. The van der Waals surface area contributed by atoms with Crippen molar-refractivity contribution in [3.63, 3.8) is 0 Å². The first-order chi connectivity index (χ1) is 9.63. The van der Waals surface area contributed by atoms with Crippen LogP contribution in [0.25, 0.3) is 16.6 Å². The highest BCUT2D eigenvalue weighted by molar-refractivity contribution is 7.12. The molecule has 3 rings (SSSR count). The second-order valence-electron chi connectivity index (χ2n) is 4.26. The van der Waals surface area contributed by atoms with Crippen molar-refractivity contribution in [2.45, 2.75) is 13.8 Å². The summed E-state index contributed by atoms with van der Waals surface area (Å²) in [6, 6.07) is 5.46. The first-order valence-corrected chi connectivity index (χ1v) is 6.85. The SMILES string of the molecule is CC(=O)Nc1cc(C)nn1-c1nc(-c2ccco2)cs1. The molecule has 7 heteroatoms. The van der Waals surface area contributed by atoms with E-state index in [-0.39, 0.29) is 5.91 Å². The van der Waals surface area contributed by atoms with Crippen molar-refractivity contribution in [3.8, 4) is 16.6 Å². The van der Waals surface area contributed by atoms with Crippen molar-refractivity contribution >= 4 is 23.1 Å². The number of rotatable bonds is 3. The van der Waals surface area contributed by atoms with E-state index in [1.165, 1.54) is 18.3 Å². The van der Waals surface area contributed by atoms with Crippen LogP contribution in [0.4, 0.5) is 5.82 Å². The average molecular weight is 288 g/mol. The second kappa shape index (κ2) is 4.93. The predicted molar refractivity (Wildman–Crippen MR) is 76.0 cm³/mol. The van der Waals surface area contributed by atoms with Gasteiger partial charge in [-0.1, -0.05) is 0 Å². The number of carbonyl (C=O) groups is 1. The van der Waals surface area contributed by atoms with Crippen molar-refractivity contribution in [1.29, 1.82) is 0 Å². The van der Waals surface area contributed by atoms with Crippen LogP contribution in [-0.2, 0) is 4.79 Å². The number of hydrogen-bond acceptors (Lipinski definition) is 5. The zero-order valence-electron chi connectivity index (χ0n) is 11.0. The van der Waals surface area contributed by atoms with Crippen molar-refractivity contribution in [2.24, 2.45) is 0 Å². The third-order valence-corrected chi connectivity index (χ3v) is 3.40. The molecule has 0 fully saturated rings. The second-order valence-corrected chi connectivity index (χ2v) is 5.09. The molecule has 0 aromatic carbocycles. The molecule has 0 saturated heterocycles. The molecule has 0 bridgehead atoms. The number of amides is 1. The van der Waals surface area contributed by atoms with E-state index in [2.05, 4.69) is 15.4 Å². The van der Waals surface area contributed by atoms with Gasteiger partial charge in [-0.2, -0.15) is 9.78 Å². The van der Waals surface area contributed by atoms with Gasteiger partial charge in [-0.25, -0.2) is 4.98 Å². The number of aromatic nitrogens is 3. The van der Waals surface area contributed by atoms with E-state index in [0.29, 0.717) is 16.7 Å². The Morgan fingerprint density at radius 3 is 3.05 bits per heavy atom. The fourth-order valence-corrected chi connectivity index (χ4v) is 2.59. The number of hydrogen-bond donors (Lipinski definition) is 1. The Hall–Kier alpha value is -2.41. The van der Waals surface area contributed by atoms with E-state index in [1.807, 2.05) is 24.4 Å². The van der Waals surface area contributed by atoms with E-state index >= 15 is 0 Å². The Morgan fingerprint density at radius 1 is 1.50 bits per heavy atom. The van der Waals surface area contributed by atoms with Gasteiger partial charge in [-0.15, -0.1) is 11.3 Å². The maximum absolute atomic E-state index is 11.2. The Kier molecular flexibility index (Phi) is 3.11. The van der Waals surface area contributed by atoms with E-state index in [9.17, 15) is 4.79 Å². The number of nitrogens with zero attached hydrogens (tertiary/aromatic N) is 3. The van der Waals surface area contributed by atoms with Crippen LogP contribution in [0.1, 0.15) is 12.6 Å². The summed E-state index contributed by atoms with van der Waals surface area (Å²) in [5.74, 6) is 1.17. The Labute approximate surface area is 119 Å². The lowest BCUT2D eigenvalue weighted by Crippen LogP contribution is -2.10. The van der Waals surface area contributed by atoms with Gasteiger partial charge >= 0.3 is 0 Å². The number of anilines is 1. The molecule has 0 saturated carbocycles. The summed E-state index contributed by atoms with van der Waals surface area (Å²) < 4.78 is 6.93. The Balaban J connectivity index is 1.99. The van der Waals surface area contributed by atoms with Gasteiger partial charge in [-0.3, -0.25) is 4.79 Å². The first kappa shape index (κ1) is 12.6. The molecule has 0 spiro atoms. The number of carbonyl (C=O) groups excluding carboxylic acids is 1. The summed E-state index contributed by atoms with van der Waals surface area (Å²) in [4.78, 5) is 15.7. The molecule has 0 aliphatic heterocycles. The van der Waals surface area contributed by atoms with E-state index in [0.717, 1.165) is 11.4 Å². The van der Waals surface area contributed by atoms with Gasteiger partial charge in [0.15, 0.2) is 5.76 Å². The van der Waals surface area contributed by atoms with E-state index in [4.69, 9.17) is 4.42 Å². The minimum absolute atomic E-state index is 0.144. The van der Waals surface area contributed by atoms with Gasteiger partial charge in [0.1, 0.15) is 11.5 Å². The van der Waals surface area contributed by atoms with Crippen LogP contribution >= 0.6 is 11.3 Å². The summed E-state index contributed by atoms with van der Waals surface area (Å²) in [7, 11) is 0. The summed E-state index contributed by atoms with van der Waals surface area (Å²) in [5.41, 5.74) is 1.56. The minimum atomic E-state index is -0.144. The number of nitrogens with one attached hydrogen (secondary N) is 1. The third kappa shape index (κ3) is 2.35. The highest BCUT2D eigenvalue weighted by Gasteiger charge is 2.13. The molecule has 3 heterocycles. The minimum Gasteiger partial charge on any atom is -0.463 e. The van der Waals surface area contributed by atoms with Gasteiger partial charge in [0, 0.05) is 18.4 Å². The molecule has 20 heavy (non-hydrogen) atoms. The Bertz CT molecular complexity index is 742. The molecule has 6 nitrogen and oxygen atoms in total. The lowest BCUT2D eigenvalue weighted by molar-refractivity contribution is -0.114. The van der Waals surface area contributed by atoms with Crippen LogP contribution in [0.5, 0.6) is 0 Å². The number of aryl methyl sites for hydroxylation is 1. The zero-order chi connectivity index (χ0) is 14.1. The molecule has 102 valence electrons. The van der Waals surface area contributed by atoms with Gasteiger partial charge in [0.05, 0.1) is 12.0 Å². The fourth-order valence-electron chi connectivity index (χ4n) is 1.81. The van der Waals surface area contributed by atoms with Crippen LogP contribution in [-0.4, -0.2) is 20.7 Å².